The zero-order chi connectivity index (χ0) is 20.4. The molecule has 0 saturated carbocycles. The number of halogens is 1. The zero-order valence-corrected chi connectivity index (χ0v) is 17.0. The van der Waals surface area contributed by atoms with E-state index in [0.717, 1.165) is 33.8 Å². The van der Waals surface area contributed by atoms with Gasteiger partial charge in [0.1, 0.15) is 5.75 Å². The molecule has 0 aliphatic carbocycles. The molecular formula is C23H16ClNO3S. The molecule has 4 nitrogen and oxygen atoms in total. The monoisotopic (exact) mass is 421 g/mol. The minimum Gasteiger partial charge on any atom is -0.497 e. The van der Waals surface area contributed by atoms with Crippen LogP contribution in [0.1, 0.15) is 10.4 Å². The van der Waals surface area contributed by atoms with Gasteiger partial charge < -0.3 is 4.74 Å². The van der Waals surface area contributed by atoms with E-state index in [9.17, 15) is 9.59 Å². The molecule has 6 heteroatoms. The maximum Gasteiger partial charge on any atom is 0.315 e. The third kappa shape index (κ3) is 4.01. The van der Waals surface area contributed by atoms with E-state index in [4.69, 9.17) is 16.3 Å². The summed E-state index contributed by atoms with van der Waals surface area (Å²) in [4.78, 5) is 24.6. The Morgan fingerprint density at radius 1 is 1.03 bits per heavy atom. The van der Waals surface area contributed by atoms with Gasteiger partial charge in [-0.15, -0.1) is 0 Å². The number of fused-ring (bicyclic) bond motifs is 1. The highest BCUT2D eigenvalue weighted by Gasteiger charge is 2.12. The number of carbonyl (C=O) groups is 1. The Morgan fingerprint density at radius 2 is 1.79 bits per heavy atom. The molecule has 3 aromatic carbocycles. The van der Waals surface area contributed by atoms with Gasteiger partial charge >= 0.3 is 4.87 Å². The molecule has 0 fully saturated rings. The molecule has 4 rings (SSSR count). The molecule has 0 saturated heterocycles. The van der Waals surface area contributed by atoms with Crippen LogP contribution in [0.2, 0.25) is 5.02 Å². The van der Waals surface area contributed by atoms with Gasteiger partial charge in [0.25, 0.3) is 5.91 Å². The standard InChI is InChI=1S/C23H16ClNO3S/c1-28-19-7-3-6-17(13-19)16-5-2-4-15(12-16)8-11-22(26)25-20-10-9-18(24)14-21(20)29-23(25)27/h2-14H,1H3. The lowest BCUT2D eigenvalue weighted by molar-refractivity contribution is 0.0972. The third-order valence-corrected chi connectivity index (χ3v) is 5.61. The topological polar surface area (TPSA) is 48.3 Å². The summed E-state index contributed by atoms with van der Waals surface area (Å²) in [6, 6.07) is 20.6. The Bertz CT molecular complexity index is 1300. The smallest absolute Gasteiger partial charge is 0.315 e. The van der Waals surface area contributed by atoms with E-state index in [1.807, 2.05) is 48.5 Å². The van der Waals surface area contributed by atoms with Crippen LogP contribution in [0, 0.1) is 0 Å². The van der Waals surface area contributed by atoms with E-state index in [-0.39, 0.29) is 4.87 Å². The predicted octanol–water partition coefficient (Wildman–Crippen LogP) is 5.75. The summed E-state index contributed by atoms with van der Waals surface area (Å²) in [5.41, 5.74) is 3.44. The van der Waals surface area contributed by atoms with Crippen molar-refractivity contribution < 1.29 is 9.53 Å². The van der Waals surface area contributed by atoms with Gasteiger partial charge in [0.2, 0.25) is 0 Å². The van der Waals surface area contributed by atoms with E-state index in [1.165, 1.54) is 10.6 Å². The summed E-state index contributed by atoms with van der Waals surface area (Å²) in [7, 11) is 1.63. The number of hydrogen-bond donors (Lipinski definition) is 0. The average Bonchev–Trinajstić information content (AvgIpc) is 3.07. The molecule has 0 amide bonds. The maximum atomic E-state index is 12.7. The van der Waals surface area contributed by atoms with Crippen molar-refractivity contribution in [2.24, 2.45) is 0 Å². The van der Waals surface area contributed by atoms with Crippen LogP contribution in [0.3, 0.4) is 0 Å². The number of rotatable bonds is 4. The summed E-state index contributed by atoms with van der Waals surface area (Å²) in [6.07, 6.45) is 3.12. The van der Waals surface area contributed by atoms with Crippen molar-refractivity contribution in [2.75, 3.05) is 7.11 Å². The highest BCUT2D eigenvalue weighted by atomic mass is 35.5. The van der Waals surface area contributed by atoms with Gasteiger partial charge in [0, 0.05) is 11.1 Å². The average molecular weight is 422 g/mol. The SMILES string of the molecule is COc1cccc(-c2cccc(C=CC(=O)n3c(=O)sc4cc(Cl)ccc43)c2)c1. The van der Waals surface area contributed by atoms with Crippen LogP contribution in [-0.4, -0.2) is 17.6 Å². The maximum absolute atomic E-state index is 12.7. The molecule has 0 bridgehead atoms. The highest BCUT2D eigenvalue weighted by Crippen LogP contribution is 2.25. The first-order valence-corrected chi connectivity index (χ1v) is 10.0. The largest absolute Gasteiger partial charge is 0.497 e. The Kier molecular flexibility index (Phi) is 5.34. The van der Waals surface area contributed by atoms with Gasteiger partial charge in [-0.25, -0.2) is 4.57 Å². The molecule has 0 spiro atoms. The minimum atomic E-state index is -0.393. The van der Waals surface area contributed by atoms with Crippen LogP contribution in [0.15, 0.2) is 77.6 Å². The van der Waals surface area contributed by atoms with Crippen LogP contribution < -0.4 is 9.61 Å². The van der Waals surface area contributed by atoms with E-state index >= 15 is 0 Å². The molecule has 1 heterocycles. The minimum absolute atomic E-state index is 0.331. The first kappa shape index (κ1) is 19.2. The van der Waals surface area contributed by atoms with Crippen molar-refractivity contribution in [3.05, 3.63) is 93.1 Å². The number of aromatic nitrogens is 1. The van der Waals surface area contributed by atoms with Crippen LogP contribution in [0.25, 0.3) is 27.4 Å². The molecule has 0 radical (unpaired) electrons. The van der Waals surface area contributed by atoms with Crippen molar-refractivity contribution >= 4 is 45.1 Å². The van der Waals surface area contributed by atoms with Crippen molar-refractivity contribution in [1.29, 1.82) is 0 Å². The Labute approximate surface area is 176 Å². The van der Waals surface area contributed by atoms with Gasteiger partial charge in [0.05, 0.1) is 17.3 Å². The summed E-state index contributed by atoms with van der Waals surface area (Å²) in [6.45, 7) is 0. The fourth-order valence-corrected chi connectivity index (χ4v) is 4.22. The van der Waals surface area contributed by atoms with E-state index in [2.05, 4.69) is 0 Å². The van der Waals surface area contributed by atoms with Gasteiger partial charge in [0.15, 0.2) is 0 Å². The van der Waals surface area contributed by atoms with Crippen LogP contribution >= 0.6 is 22.9 Å². The molecule has 4 aromatic rings. The van der Waals surface area contributed by atoms with E-state index in [0.29, 0.717) is 15.2 Å². The predicted molar refractivity (Wildman–Crippen MR) is 119 cm³/mol. The number of benzene rings is 3. The number of methoxy groups -OCH3 is 1. The quantitative estimate of drug-likeness (QED) is 0.394. The number of carbonyl (C=O) groups excluding carboxylic acids is 1. The van der Waals surface area contributed by atoms with Crippen LogP contribution in [0.4, 0.5) is 0 Å². The molecule has 0 atom stereocenters. The van der Waals surface area contributed by atoms with E-state index in [1.54, 1.807) is 31.4 Å². The number of thiazole rings is 1. The lowest BCUT2D eigenvalue weighted by atomic mass is 10.0. The second-order valence-electron chi connectivity index (χ2n) is 6.34. The second-order valence-corrected chi connectivity index (χ2v) is 7.77. The normalized spacial score (nSPS) is 11.2. The van der Waals surface area contributed by atoms with Crippen molar-refractivity contribution in [3.63, 3.8) is 0 Å². The highest BCUT2D eigenvalue weighted by molar-refractivity contribution is 7.16. The molecule has 1 aromatic heterocycles. The second kappa shape index (κ2) is 8.07. The van der Waals surface area contributed by atoms with Gasteiger partial charge in [-0.2, -0.15) is 0 Å². The fraction of sp³-hybridized carbons (Fsp3) is 0.0435. The van der Waals surface area contributed by atoms with Crippen LogP contribution in [-0.2, 0) is 0 Å². The van der Waals surface area contributed by atoms with Crippen molar-refractivity contribution in [1.82, 2.24) is 4.57 Å². The molecule has 0 N–H and O–H groups in total. The third-order valence-electron chi connectivity index (χ3n) is 4.47. The van der Waals surface area contributed by atoms with Crippen molar-refractivity contribution in [2.45, 2.75) is 0 Å². The number of hydrogen-bond acceptors (Lipinski definition) is 4. The van der Waals surface area contributed by atoms with E-state index < -0.39 is 5.91 Å². The molecule has 29 heavy (non-hydrogen) atoms. The summed E-state index contributed by atoms with van der Waals surface area (Å²) in [5, 5.41) is 0.531. The number of ether oxygens (including phenoxy) is 1. The lowest BCUT2D eigenvalue weighted by Gasteiger charge is -2.05. The Morgan fingerprint density at radius 3 is 2.59 bits per heavy atom. The molecular weight excluding hydrogens is 406 g/mol. The fourth-order valence-electron chi connectivity index (χ4n) is 3.07. The molecule has 0 aliphatic heterocycles. The van der Waals surface area contributed by atoms with Gasteiger partial charge in [-0.1, -0.05) is 53.3 Å². The zero-order valence-electron chi connectivity index (χ0n) is 15.5. The Hall–Kier alpha value is -3.15. The molecule has 144 valence electrons. The first-order valence-electron chi connectivity index (χ1n) is 8.83. The summed E-state index contributed by atoms with van der Waals surface area (Å²) < 4.78 is 7.13. The van der Waals surface area contributed by atoms with Crippen LogP contribution in [0.5, 0.6) is 5.75 Å². The number of nitrogens with zero attached hydrogens (tertiary/aromatic N) is 1. The van der Waals surface area contributed by atoms with Gasteiger partial charge in [-0.3, -0.25) is 9.59 Å². The lowest BCUT2D eigenvalue weighted by Crippen LogP contribution is -2.19. The molecule has 0 unspecified atom stereocenters. The number of allylic oxidation sites excluding steroid dienone is 1. The Balaban J connectivity index is 1.64. The van der Waals surface area contributed by atoms with Gasteiger partial charge in [-0.05, 0) is 59.2 Å². The summed E-state index contributed by atoms with van der Waals surface area (Å²) >= 11 is 6.98. The summed E-state index contributed by atoms with van der Waals surface area (Å²) in [5.74, 6) is 0.387. The first-order chi connectivity index (χ1) is 14.0. The molecule has 0 aliphatic rings. The van der Waals surface area contributed by atoms with Crippen molar-refractivity contribution in [3.8, 4) is 16.9 Å².